The van der Waals surface area contributed by atoms with Gasteiger partial charge in [-0.15, -0.1) is 0 Å². The molecule has 0 aliphatic heterocycles. The first-order valence-electron chi connectivity index (χ1n) is 9.67. The van der Waals surface area contributed by atoms with E-state index in [0.29, 0.717) is 24.3 Å². The predicted molar refractivity (Wildman–Crippen MR) is 99.8 cm³/mol. The number of unbranched alkanes of at least 4 members (excludes halogenated alkanes) is 7. The zero-order valence-corrected chi connectivity index (χ0v) is 15.7. The van der Waals surface area contributed by atoms with Gasteiger partial charge in [0.1, 0.15) is 0 Å². The zero-order valence-electron chi connectivity index (χ0n) is 15.7. The number of hydrogen-bond donors (Lipinski definition) is 0. The van der Waals surface area contributed by atoms with E-state index in [1.807, 2.05) is 6.92 Å². The maximum atomic E-state index is 12.0. The highest BCUT2D eigenvalue weighted by molar-refractivity contribution is 5.76. The maximum absolute atomic E-state index is 12.0. The van der Waals surface area contributed by atoms with E-state index >= 15 is 0 Å². The molecule has 0 saturated carbocycles. The third-order valence-corrected chi connectivity index (χ3v) is 3.99. The number of carbonyl (C=O) groups is 2. The Kier molecular flexibility index (Phi) is 11.4. The number of carbonyl (C=O) groups excluding carboxylic acids is 2. The topological polar surface area (TPSA) is 52.6 Å². The molecule has 140 valence electrons. The van der Waals surface area contributed by atoms with E-state index < -0.39 is 0 Å². The lowest BCUT2D eigenvalue weighted by Gasteiger charge is -2.10. The lowest BCUT2D eigenvalue weighted by molar-refractivity contribution is -0.137. The second-order valence-corrected chi connectivity index (χ2v) is 6.37. The molecular formula is C21H32O4. The minimum atomic E-state index is -0.311. The number of hydrogen-bond acceptors (Lipinski definition) is 4. The molecule has 0 amide bonds. The van der Waals surface area contributed by atoms with Crippen molar-refractivity contribution < 1.29 is 19.1 Å². The largest absolute Gasteiger partial charge is 0.423 e. The zero-order chi connectivity index (χ0) is 18.3. The fraction of sp³-hybridized carbons (Fsp3) is 0.619. The summed E-state index contributed by atoms with van der Waals surface area (Å²) in [6.07, 6.45) is 10.9. The Morgan fingerprint density at radius 2 is 1.16 bits per heavy atom. The first-order valence-corrected chi connectivity index (χ1v) is 9.67. The molecule has 1 rings (SSSR count). The van der Waals surface area contributed by atoms with E-state index in [-0.39, 0.29) is 11.9 Å². The average Bonchev–Trinajstić information content (AvgIpc) is 2.59. The van der Waals surface area contributed by atoms with Gasteiger partial charge in [0, 0.05) is 12.8 Å². The van der Waals surface area contributed by atoms with Crippen LogP contribution in [0.4, 0.5) is 0 Å². The molecule has 0 aliphatic carbocycles. The van der Waals surface area contributed by atoms with E-state index in [9.17, 15) is 9.59 Å². The highest BCUT2D eigenvalue weighted by Crippen LogP contribution is 2.27. The molecule has 0 spiro atoms. The molecule has 0 radical (unpaired) electrons. The molecule has 0 aromatic heterocycles. The second kappa shape index (κ2) is 13.5. The third kappa shape index (κ3) is 9.90. The van der Waals surface area contributed by atoms with E-state index in [1.54, 1.807) is 24.3 Å². The summed E-state index contributed by atoms with van der Waals surface area (Å²) in [4.78, 5) is 23.6. The number of benzene rings is 1. The fourth-order valence-corrected chi connectivity index (χ4v) is 2.57. The highest BCUT2D eigenvalue weighted by Gasteiger charge is 2.12. The molecule has 4 nitrogen and oxygen atoms in total. The highest BCUT2D eigenvalue weighted by atomic mass is 16.6. The summed E-state index contributed by atoms with van der Waals surface area (Å²) in [6, 6.07) is 6.81. The van der Waals surface area contributed by atoms with E-state index in [4.69, 9.17) is 9.47 Å². The van der Waals surface area contributed by atoms with Gasteiger partial charge in [-0.3, -0.25) is 9.59 Å². The van der Waals surface area contributed by atoms with Crippen molar-refractivity contribution in [3.05, 3.63) is 24.3 Å². The minimum Gasteiger partial charge on any atom is -0.423 e. The Hall–Kier alpha value is -1.84. The Balaban J connectivity index is 2.29. The number of ether oxygens (including phenoxy) is 2. The van der Waals surface area contributed by atoms with Gasteiger partial charge in [-0.1, -0.05) is 70.9 Å². The van der Waals surface area contributed by atoms with Crippen LogP contribution in [0.3, 0.4) is 0 Å². The normalized spacial score (nSPS) is 10.5. The van der Waals surface area contributed by atoms with Crippen molar-refractivity contribution >= 4 is 11.9 Å². The van der Waals surface area contributed by atoms with Crippen LogP contribution in [-0.2, 0) is 9.59 Å². The van der Waals surface area contributed by atoms with Crippen molar-refractivity contribution in [3.8, 4) is 11.5 Å². The predicted octanol–water partition coefficient (Wildman–Crippen LogP) is 5.83. The first kappa shape index (κ1) is 21.2. The van der Waals surface area contributed by atoms with Crippen LogP contribution in [0.15, 0.2) is 24.3 Å². The molecular weight excluding hydrogens is 316 g/mol. The van der Waals surface area contributed by atoms with Gasteiger partial charge >= 0.3 is 11.9 Å². The molecule has 0 fully saturated rings. The molecule has 0 N–H and O–H groups in total. The summed E-state index contributed by atoms with van der Waals surface area (Å²) >= 11 is 0. The van der Waals surface area contributed by atoms with Crippen LogP contribution in [0.1, 0.15) is 84.5 Å². The van der Waals surface area contributed by atoms with Crippen molar-refractivity contribution in [1.82, 2.24) is 0 Å². The minimum absolute atomic E-state index is 0.273. The van der Waals surface area contributed by atoms with Crippen molar-refractivity contribution in [2.75, 3.05) is 0 Å². The summed E-state index contributed by atoms with van der Waals surface area (Å²) in [7, 11) is 0. The van der Waals surface area contributed by atoms with Crippen molar-refractivity contribution in [1.29, 1.82) is 0 Å². The maximum Gasteiger partial charge on any atom is 0.311 e. The van der Waals surface area contributed by atoms with Gasteiger partial charge in [-0.2, -0.15) is 0 Å². The number of rotatable bonds is 13. The van der Waals surface area contributed by atoms with E-state index in [2.05, 4.69) is 6.92 Å². The first-order chi connectivity index (χ1) is 12.2. The lowest BCUT2D eigenvalue weighted by atomic mass is 10.1. The Labute approximate surface area is 151 Å². The molecule has 1 aromatic rings. The van der Waals surface area contributed by atoms with Crippen LogP contribution >= 0.6 is 0 Å². The molecule has 0 heterocycles. The summed E-state index contributed by atoms with van der Waals surface area (Å²) < 4.78 is 10.6. The summed E-state index contributed by atoms with van der Waals surface area (Å²) in [5.74, 6) is 0.0424. The Bertz CT molecular complexity index is 510. The Morgan fingerprint density at radius 1 is 0.680 bits per heavy atom. The van der Waals surface area contributed by atoms with Gasteiger partial charge in [0.25, 0.3) is 0 Å². The monoisotopic (exact) mass is 348 g/mol. The van der Waals surface area contributed by atoms with Gasteiger partial charge in [0.15, 0.2) is 11.5 Å². The second-order valence-electron chi connectivity index (χ2n) is 6.37. The SMILES string of the molecule is CCCCCCCCCCC(=O)Oc1ccccc1OC(=O)CCC. The summed E-state index contributed by atoms with van der Waals surface area (Å²) in [5, 5.41) is 0. The van der Waals surface area contributed by atoms with Crippen LogP contribution in [0.2, 0.25) is 0 Å². The van der Waals surface area contributed by atoms with Crippen LogP contribution in [0, 0.1) is 0 Å². The van der Waals surface area contributed by atoms with Gasteiger partial charge in [-0.25, -0.2) is 0 Å². The van der Waals surface area contributed by atoms with Crippen LogP contribution in [0.25, 0.3) is 0 Å². The van der Waals surface area contributed by atoms with E-state index in [0.717, 1.165) is 19.3 Å². The number of esters is 2. The van der Waals surface area contributed by atoms with Crippen molar-refractivity contribution in [3.63, 3.8) is 0 Å². The fourth-order valence-electron chi connectivity index (χ4n) is 2.57. The van der Waals surface area contributed by atoms with E-state index in [1.165, 1.54) is 38.5 Å². The molecule has 4 heteroatoms. The van der Waals surface area contributed by atoms with Gasteiger partial charge in [0.05, 0.1) is 0 Å². The molecule has 0 aliphatic rings. The molecule has 0 bridgehead atoms. The number of para-hydroxylation sites is 2. The van der Waals surface area contributed by atoms with Crippen molar-refractivity contribution in [2.45, 2.75) is 84.5 Å². The molecule has 0 atom stereocenters. The van der Waals surface area contributed by atoms with Crippen LogP contribution in [-0.4, -0.2) is 11.9 Å². The summed E-state index contributed by atoms with van der Waals surface area (Å²) in [5.41, 5.74) is 0. The van der Waals surface area contributed by atoms with Gasteiger partial charge in [-0.05, 0) is 25.0 Å². The van der Waals surface area contributed by atoms with Gasteiger partial charge in [0.2, 0.25) is 0 Å². The quantitative estimate of drug-likeness (QED) is 0.256. The average molecular weight is 348 g/mol. The van der Waals surface area contributed by atoms with Crippen LogP contribution in [0.5, 0.6) is 11.5 Å². The Morgan fingerprint density at radius 3 is 1.68 bits per heavy atom. The molecule has 1 aromatic carbocycles. The molecule has 0 unspecified atom stereocenters. The van der Waals surface area contributed by atoms with Crippen LogP contribution < -0.4 is 9.47 Å². The van der Waals surface area contributed by atoms with Gasteiger partial charge < -0.3 is 9.47 Å². The standard InChI is InChI=1S/C21H32O4/c1-3-5-6-7-8-9-10-11-17-21(23)25-19-16-13-12-15-18(19)24-20(22)14-4-2/h12-13,15-16H,3-11,14,17H2,1-2H3. The summed E-state index contributed by atoms with van der Waals surface area (Å²) in [6.45, 7) is 4.13. The molecule has 0 saturated heterocycles. The third-order valence-electron chi connectivity index (χ3n) is 3.99. The van der Waals surface area contributed by atoms with Crippen molar-refractivity contribution in [2.24, 2.45) is 0 Å². The molecule has 25 heavy (non-hydrogen) atoms. The smallest absolute Gasteiger partial charge is 0.311 e. The lowest BCUT2D eigenvalue weighted by Crippen LogP contribution is -2.11.